The van der Waals surface area contributed by atoms with Crippen LogP contribution in [0.1, 0.15) is 11.5 Å². The topological polar surface area (TPSA) is 50.4 Å². The molecule has 0 unspecified atom stereocenters. The lowest BCUT2D eigenvalue weighted by Gasteiger charge is -1.86. The number of rotatable bonds is 3. The Bertz CT molecular complexity index is 296. The molecule has 0 fully saturated rings. The molecule has 0 aromatic carbocycles. The van der Waals surface area contributed by atoms with Gasteiger partial charge in [0.05, 0.1) is 0 Å². The minimum atomic E-state index is -0.932. The Kier molecular flexibility index (Phi) is 2.69. The first-order chi connectivity index (χ1) is 5.68. The van der Waals surface area contributed by atoms with Gasteiger partial charge in [0.15, 0.2) is 0 Å². The molecule has 0 aliphatic heterocycles. The van der Waals surface area contributed by atoms with Crippen LogP contribution in [0, 0.1) is 6.92 Å². The molecule has 1 N–H and O–H groups in total. The molecule has 3 heteroatoms. The van der Waals surface area contributed by atoms with E-state index in [-0.39, 0.29) is 0 Å². The van der Waals surface area contributed by atoms with Gasteiger partial charge in [0.2, 0.25) is 0 Å². The predicted molar refractivity (Wildman–Crippen MR) is 43.9 cm³/mol. The highest BCUT2D eigenvalue weighted by molar-refractivity contribution is 5.79. The summed E-state index contributed by atoms with van der Waals surface area (Å²) in [6, 6.07) is 3.69. The lowest BCUT2D eigenvalue weighted by atomic mass is 10.3. The number of carboxylic acid groups (broad SMARTS) is 1. The zero-order valence-electron chi connectivity index (χ0n) is 6.78. The number of carboxylic acids is 1. The first-order valence-corrected chi connectivity index (χ1v) is 3.63. The van der Waals surface area contributed by atoms with Crippen molar-refractivity contribution in [2.45, 2.75) is 13.3 Å². The summed E-state index contributed by atoms with van der Waals surface area (Å²) in [5.74, 6) is 0.692. The number of furan rings is 1. The van der Waals surface area contributed by atoms with Crippen molar-refractivity contribution >= 4 is 5.97 Å². The van der Waals surface area contributed by atoms with Gasteiger partial charge in [-0.05, 0) is 19.1 Å². The van der Waals surface area contributed by atoms with Crippen molar-refractivity contribution in [3.63, 3.8) is 0 Å². The second-order valence-corrected chi connectivity index (χ2v) is 2.46. The third-order valence-electron chi connectivity index (χ3n) is 1.38. The molecule has 0 bridgehead atoms. The number of carbonyl (C=O) groups is 1. The first kappa shape index (κ1) is 8.59. The average molecular weight is 166 g/mol. The maximum atomic E-state index is 10.1. The van der Waals surface area contributed by atoms with E-state index in [1.807, 2.05) is 19.1 Å². The molecule has 0 amide bonds. The Morgan fingerprint density at radius 1 is 1.67 bits per heavy atom. The minimum Gasteiger partial charge on any atom is -0.478 e. The zero-order chi connectivity index (χ0) is 8.97. The lowest BCUT2D eigenvalue weighted by molar-refractivity contribution is -0.131. The summed E-state index contributed by atoms with van der Waals surface area (Å²) in [5.41, 5.74) is 0. The van der Waals surface area contributed by atoms with Crippen molar-refractivity contribution in [3.8, 4) is 0 Å². The summed E-state index contributed by atoms with van der Waals surface area (Å²) in [7, 11) is 0. The smallest absolute Gasteiger partial charge is 0.327 e. The van der Waals surface area contributed by atoms with Crippen LogP contribution < -0.4 is 0 Å². The van der Waals surface area contributed by atoms with E-state index in [0.29, 0.717) is 6.42 Å². The minimum absolute atomic E-state index is 0.528. The molecule has 1 rings (SSSR count). The van der Waals surface area contributed by atoms with Crippen molar-refractivity contribution in [1.29, 1.82) is 0 Å². The summed E-state index contributed by atoms with van der Waals surface area (Å²) >= 11 is 0. The molecular formula is C9H10O3. The fourth-order valence-corrected chi connectivity index (χ4v) is 0.871. The Labute approximate surface area is 70.3 Å². The third-order valence-corrected chi connectivity index (χ3v) is 1.38. The molecule has 0 spiro atoms. The Morgan fingerprint density at radius 2 is 2.42 bits per heavy atom. The van der Waals surface area contributed by atoms with Gasteiger partial charge >= 0.3 is 5.97 Å². The van der Waals surface area contributed by atoms with E-state index < -0.39 is 5.97 Å². The van der Waals surface area contributed by atoms with E-state index in [9.17, 15) is 4.79 Å². The van der Waals surface area contributed by atoms with Crippen LogP contribution >= 0.6 is 0 Å². The SMILES string of the molecule is Cc1ccc(CC=CC(=O)O)o1. The Morgan fingerprint density at radius 3 is 2.92 bits per heavy atom. The summed E-state index contributed by atoms with van der Waals surface area (Å²) < 4.78 is 5.22. The molecule has 0 saturated heterocycles. The first-order valence-electron chi connectivity index (χ1n) is 3.63. The van der Waals surface area contributed by atoms with Crippen LogP contribution in [0.15, 0.2) is 28.7 Å². The quantitative estimate of drug-likeness (QED) is 0.696. The highest BCUT2D eigenvalue weighted by atomic mass is 16.4. The summed E-state index contributed by atoms with van der Waals surface area (Å²) in [4.78, 5) is 10.1. The molecule has 1 aromatic rings. The fraction of sp³-hybridized carbons (Fsp3) is 0.222. The van der Waals surface area contributed by atoms with Gasteiger partial charge in [-0.25, -0.2) is 4.79 Å². The molecule has 0 radical (unpaired) electrons. The molecule has 1 heterocycles. The molecule has 0 aliphatic rings. The van der Waals surface area contributed by atoms with Crippen molar-refractivity contribution in [1.82, 2.24) is 0 Å². The van der Waals surface area contributed by atoms with Crippen molar-refractivity contribution in [2.24, 2.45) is 0 Å². The van der Waals surface area contributed by atoms with Crippen LogP contribution in [0.3, 0.4) is 0 Å². The van der Waals surface area contributed by atoms with Gasteiger partial charge in [0.25, 0.3) is 0 Å². The maximum absolute atomic E-state index is 10.1. The maximum Gasteiger partial charge on any atom is 0.327 e. The van der Waals surface area contributed by atoms with Gasteiger partial charge in [-0.1, -0.05) is 6.08 Å². The molecule has 64 valence electrons. The zero-order valence-corrected chi connectivity index (χ0v) is 6.78. The highest BCUT2D eigenvalue weighted by Crippen LogP contribution is 2.06. The number of aliphatic carboxylic acids is 1. The fourth-order valence-electron chi connectivity index (χ4n) is 0.871. The average Bonchev–Trinajstić information content (AvgIpc) is 2.35. The number of hydrogen-bond donors (Lipinski definition) is 1. The monoisotopic (exact) mass is 166 g/mol. The molecule has 3 nitrogen and oxygen atoms in total. The summed E-state index contributed by atoms with van der Waals surface area (Å²) in [6.07, 6.45) is 3.19. The normalized spacial score (nSPS) is 10.8. The van der Waals surface area contributed by atoms with E-state index in [4.69, 9.17) is 9.52 Å². The highest BCUT2D eigenvalue weighted by Gasteiger charge is 1.94. The van der Waals surface area contributed by atoms with E-state index in [1.165, 1.54) is 0 Å². The van der Waals surface area contributed by atoms with Crippen molar-refractivity contribution in [2.75, 3.05) is 0 Å². The van der Waals surface area contributed by atoms with E-state index in [0.717, 1.165) is 17.6 Å². The van der Waals surface area contributed by atoms with Crippen molar-refractivity contribution < 1.29 is 14.3 Å². The molecule has 1 aromatic heterocycles. The van der Waals surface area contributed by atoms with E-state index in [2.05, 4.69) is 0 Å². The van der Waals surface area contributed by atoms with Gasteiger partial charge in [-0.3, -0.25) is 0 Å². The van der Waals surface area contributed by atoms with E-state index >= 15 is 0 Å². The number of aryl methyl sites for hydroxylation is 1. The van der Waals surface area contributed by atoms with Gasteiger partial charge in [0.1, 0.15) is 11.5 Å². The predicted octanol–water partition coefficient (Wildman–Crippen LogP) is 1.77. The molecular weight excluding hydrogens is 156 g/mol. The lowest BCUT2D eigenvalue weighted by Crippen LogP contribution is -1.86. The van der Waals surface area contributed by atoms with Crippen LogP contribution in [-0.2, 0) is 11.2 Å². The van der Waals surface area contributed by atoms with Gasteiger partial charge in [-0.2, -0.15) is 0 Å². The van der Waals surface area contributed by atoms with Gasteiger partial charge in [-0.15, -0.1) is 0 Å². The van der Waals surface area contributed by atoms with Crippen LogP contribution in [0.25, 0.3) is 0 Å². The van der Waals surface area contributed by atoms with Crippen LogP contribution in [0.2, 0.25) is 0 Å². The summed E-state index contributed by atoms with van der Waals surface area (Å²) in [5, 5.41) is 8.28. The standard InChI is InChI=1S/C9H10O3/c1-7-5-6-8(12-7)3-2-4-9(10)11/h2,4-6H,3H2,1H3,(H,10,11). The number of allylic oxidation sites excluding steroid dienone is 1. The second kappa shape index (κ2) is 3.76. The largest absolute Gasteiger partial charge is 0.478 e. The number of hydrogen-bond acceptors (Lipinski definition) is 2. The van der Waals surface area contributed by atoms with Gasteiger partial charge < -0.3 is 9.52 Å². The molecule has 12 heavy (non-hydrogen) atoms. The Hall–Kier alpha value is -1.51. The molecule has 0 saturated carbocycles. The van der Waals surface area contributed by atoms with Crippen molar-refractivity contribution in [3.05, 3.63) is 35.8 Å². The van der Waals surface area contributed by atoms with Crippen LogP contribution in [0.4, 0.5) is 0 Å². The van der Waals surface area contributed by atoms with Crippen LogP contribution in [0.5, 0.6) is 0 Å². The molecule has 0 atom stereocenters. The van der Waals surface area contributed by atoms with E-state index in [1.54, 1.807) is 6.08 Å². The molecule has 0 aliphatic carbocycles. The van der Waals surface area contributed by atoms with Crippen LogP contribution in [-0.4, -0.2) is 11.1 Å². The van der Waals surface area contributed by atoms with Gasteiger partial charge in [0, 0.05) is 12.5 Å². The third kappa shape index (κ3) is 2.62. The Balaban J connectivity index is 2.48. The summed E-state index contributed by atoms with van der Waals surface area (Å²) in [6.45, 7) is 1.85. The second-order valence-electron chi connectivity index (χ2n) is 2.46.